The molecule has 9 aromatic rings. The average molecular weight is 1370 g/mol. The van der Waals surface area contributed by atoms with Gasteiger partial charge >= 0.3 is 0 Å². The van der Waals surface area contributed by atoms with Gasteiger partial charge in [-0.15, -0.1) is 0 Å². The largest absolute Gasteiger partial charge is 0.0827 e. The van der Waals surface area contributed by atoms with Crippen LogP contribution in [0.3, 0.4) is 0 Å². The summed E-state index contributed by atoms with van der Waals surface area (Å²) in [6, 6.07) is 53.4. The van der Waals surface area contributed by atoms with E-state index in [9.17, 15) is 0 Å². The summed E-state index contributed by atoms with van der Waals surface area (Å²) in [7, 11) is 0. The van der Waals surface area contributed by atoms with E-state index < -0.39 is 0 Å². The minimum absolute atomic E-state index is 0.211. The van der Waals surface area contributed by atoms with Crippen LogP contribution in [0.15, 0.2) is 157 Å². The predicted molar refractivity (Wildman–Crippen MR) is 453 cm³/mol. The molecule has 0 bridgehead atoms. The van der Waals surface area contributed by atoms with Gasteiger partial charge in [-0.2, -0.15) is 0 Å². The second-order valence-electron chi connectivity index (χ2n) is 33.4. The van der Waals surface area contributed by atoms with E-state index in [1.165, 1.54) is 288 Å². The van der Waals surface area contributed by atoms with Crippen molar-refractivity contribution in [3.05, 3.63) is 285 Å². The Morgan fingerprint density at radius 2 is 0.817 bits per heavy atom. The average Bonchev–Trinajstić information content (AvgIpc) is 1.55. The maximum atomic E-state index is 2.54. The SMILES string of the molecule is CCCCCCCCC12CC=Cc3c(C)c(C)cc(c31)-c1ccc(C)cc12.CCCCCCCCC12CC=Cc3c(C)cc(C)c(c31)-c1ccc(C)cc12.CCCCCCCCC1=Cc2c(C)ccc3c2C(C1)c1cc(C)ccc1-3.Cc1ccc2c(c1)C1CC(c3ccccc3)=Cc3c(C)ccc-2c31. The quantitative estimate of drug-likeness (QED) is 0.0593. The number of unbranched alkanes of at least 4 members (excludes halogenated alkanes) is 15. The highest BCUT2D eigenvalue weighted by Crippen LogP contribution is 2.61. The normalized spacial score (nSPS) is 18.2. The zero-order valence-electron chi connectivity index (χ0n) is 66.1. The number of benzene rings is 9. The summed E-state index contributed by atoms with van der Waals surface area (Å²) in [4.78, 5) is 0. The van der Waals surface area contributed by atoms with Crippen molar-refractivity contribution in [1.82, 2.24) is 0 Å². The summed E-state index contributed by atoms with van der Waals surface area (Å²) in [6.07, 6.45) is 48.0. The maximum Gasteiger partial charge on any atom is 0.0255 e. The van der Waals surface area contributed by atoms with Crippen molar-refractivity contribution in [3.8, 4) is 44.5 Å². The van der Waals surface area contributed by atoms with Gasteiger partial charge in [-0.05, 0) is 276 Å². The van der Waals surface area contributed by atoms with Crippen LogP contribution in [0.1, 0.15) is 321 Å². The Labute approximate surface area is 628 Å². The van der Waals surface area contributed by atoms with Crippen molar-refractivity contribution >= 4 is 29.9 Å². The van der Waals surface area contributed by atoms with Gasteiger partial charge in [0, 0.05) is 22.7 Å². The molecule has 0 heteroatoms. The van der Waals surface area contributed by atoms with Crippen LogP contribution in [0.25, 0.3) is 74.4 Å². The summed E-state index contributed by atoms with van der Waals surface area (Å²) in [5.41, 5.74) is 49.7. The van der Waals surface area contributed by atoms with E-state index in [0.29, 0.717) is 11.8 Å². The van der Waals surface area contributed by atoms with Gasteiger partial charge in [0.2, 0.25) is 0 Å². The molecule has 4 atom stereocenters. The van der Waals surface area contributed by atoms with Crippen LogP contribution in [0.4, 0.5) is 0 Å². The lowest BCUT2D eigenvalue weighted by Gasteiger charge is -2.36. The van der Waals surface area contributed by atoms with Crippen molar-refractivity contribution in [2.45, 2.75) is 273 Å². The zero-order chi connectivity index (χ0) is 72.4. The van der Waals surface area contributed by atoms with E-state index in [2.05, 4.69) is 266 Å². The van der Waals surface area contributed by atoms with Gasteiger partial charge in [0.1, 0.15) is 0 Å². The van der Waals surface area contributed by atoms with Crippen molar-refractivity contribution in [3.63, 3.8) is 0 Å². The monoisotopic (exact) mass is 1370 g/mol. The first kappa shape index (κ1) is 72.9. The lowest BCUT2D eigenvalue weighted by atomic mass is 9.67. The van der Waals surface area contributed by atoms with Gasteiger partial charge in [-0.25, -0.2) is 0 Å². The molecule has 104 heavy (non-hydrogen) atoms. The number of allylic oxidation sites excluding steroid dienone is 4. The molecule has 4 unspecified atom stereocenters. The highest BCUT2D eigenvalue weighted by atomic mass is 14.5. The van der Waals surface area contributed by atoms with Gasteiger partial charge in [-0.1, -0.05) is 334 Å². The summed E-state index contributed by atoms with van der Waals surface area (Å²) in [6.45, 7) is 29.5. The topological polar surface area (TPSA) is 0 Å². The standard InChI is InChI=1S/2C27H34.C26H32.C24H20/c1-5-6-7-8-9-10-15-27-16-11-12-22-21(4)20(3)18-24(26(22)27)23-14-13-19(2)17-25(23)27;1-5-6-7-8-9-10-15-27-16-11-12-22-20(3)18-21(4)25(26(22)27)23-14-13-19(2)17-24(23)27;1-4-5-6-7-8-9-10-20-16-23-19(3)12-14-22-21-13-11-18(2)15-24(21)25(17-20)26(22)23;1-15-8-10-19-20-11-9-16(2)21-13-18(17-6-4-3-5-7-17)14-23(24(20)21)22(19)12-15/h2*11-14,17-18H,5-10,15-16H2,1-4H3;11-16,25H,4-10,17H2,1-3H3;3-13,23H,14H2,1-2H3. The Morgan fingerprint density at radius 3 is 1.39 bits per heavy atom. The molecule has 8 aliphatic carbocycles. The molecule has 0 amide bonds. The molecule has 0 saturated heterocycles. The third kappa shape index (κ3) is 13.9. The van der Waals surface area contributed by atoms with Crippen LogP contribution in [-0.2, 0) is 10.8 Å². The molecule has 536 valence electrons. The highest BCUT2D eigenvalue weighted by molar-refractivity contribution is 5.95. The summed E-state index contributed by atoms with van der Waals surface area (Å²) >= 11 is 0. The molecule has 0 N–H and O–H groups in total. The minimum Gasteiger partial charge on any atom is -0.0827 e. The fourth-order valence-electron chi connectivity index (χ4n) is 20.5. The Morgan fingerprint density at radius 1 is 0.346 bits per heavy atom. The second-order valence-corrected chi connectivity index (χ2v) is 33.4. The first-order valence-electron chi connectivity index (χ1n) is 41.4. The smallest absolute Gasteiger partial charge is 0.0255 e. The molecule has 0 fully saturated rings. The van der Waals surface area contributed by atoms with Crippen LogP contribution < -0.4 is 0 Å². The minimum atomic E-state index is 0.211. The molecule has 8 aliphatic rings. The van der Waals surface area contributed by atoms with Crippen molar-refractivity contribution < 1.29 is 0 Å². The maximum absolute atomic E-state index is 2.54. The molecule has 0 nitrogen and oxygen atoms in total. The van der Waals surface area contributed by atoms with Gasteiger partial charge < -0.3 is 0 Å². The van der Waals surface area contributed by atoms with E-state index in [4.69, 9.17) is 0 Å². The first-order valence-corrected chi connectivity index (χ1v) is 41.4. The molecule has 9 aromatic carbocycles. The number of hydrogen-bond donors (Lipinski definition) is 0. The summed E-state index contributed by atoms with van der Waals surface area (Å²) in [5, 5.41) is 0. The summed E-state index contributed by atoms with van der Waals surface area (Å²) in [5.74, 6) is 1.10. The molecule has 17 rings (SSSR count). The van der Waals surface area contributed by atoms with Crippen LogP contribution in [0.2, 0.25) is 0 Å². The highest BCUT2D eigenvalue weighted by Gasteiger charge is 2.47. The van der Waals surface area contributed by atoms with E-state index in [-0.39, 0.29) is 10.8 Å². The van der Waals surface area contributed by atoms with E-state index in [0.717, 1.165) is 6.42 Å². The molecule has 0 radical (unpaired) electrons. The molecule has 0 aromatic heterocycles. The van der Waals surface area contributed by atoms with Gasteiger partial charge in [0.15, 0.2) is 0 Å². The lowest BCUT2D eigenvalue weighted by molar-refractivity contribution is 0.447. The lowest BCUT2D eigenvalue weighted by Crippen LogP contribution is -2.28. The molecule has 0 spiro atoms. The first-order chi connectivity index (χ1) is 50.6. The Hall–Kier alpha value is -8.06. The van der Waals surface area contributed by atoms with Crippen molar-refractivity contribution in [2.75, 3.05) is 0 Å². The Kier molecular flexibility index (Phi) is 22.1. The van der Waals surface area contributed by atoms with Crippen molar-refractivity contribution in [2.24, 2.45) is 0 Å². The number of fused-ring (bicyclic) bond motifs is 12. The number of aryl methyl sites for hydroxylation is 9. The van der Waals surface area contributed by atoms with Crippen LogP contribution in [0, 0.1) is 69.2 Å². The van der Waals surface area contributed by atoms with Gasteiger partial charge in [-0.3, -0.25) is 0 Å². The fraction of sp³-hybridized carbons (Fsp3) is 0.404. The molecule has 0 saturated carbocycles. The third-order valence-electron chi connectivity index (χ3n) is 26.0. The van der Waals surface area contributed by atoms with E-state index in [1.54, 1.807) is 50.1 Å². The Balaban J connectivity index is 0.000000117. The molecule has 0 aliphatic heterocycles. The number of rotatable bonds is 22. The van der Waals surface area contributed by atoms with Gasteiger partial charge in [0.25, 0.3) is 0 Å². The fourth-order valence-corrected chi connectivity index (χ4v) is 20.5. The van der Waals surface area contributed by atoms with Crippen LogP contribution >= 0.6 is 0 Å². The molecular formula is C104H120. The third-order valence-corrected chi connectivity index (χ3v) is 26.0. The Bertz CT molecular complexity index is 4810. The summed E-state index contributed by atoms with van der Waals surface area (Å²) < 4.78 is 0. The van der Waals surface area contributed by atoms with Crippen molar-refractivity contribution in [1.29, 1.82) is 0 Å². The van der Waals surface area contributed by atoms with Crippen LogP contribution in [0.5, 0.6) is 0 Å². The molecule has 0 heterocycles. The van der Waals surface area contributed by atoms with E-state index in [1.807, 2.05) is 0 Å². The zero-order valence-corrected chi connectivity index (χ0v) is 66.1. The second kappa shape index (κ2) is 31.6. The van der Waals surface area contributed by atoms with Crippen LogP contribution in [-0.4, -0.2) is 0 Å². The van der Waals surface area contributed by atoms with E-state index >= 15 is 0 Å². The van der Waals surface area contributed by atoms with Gasteiger partial charge in [0.05, 0.1) is 0 Å². The molecular weight excluding hydrogens is 1250 g/mol. The number of hydrogen-bond acceptors (Lipinski definition) is 0. The predicted octanol–water partition coefficient (Wildman–Crippen LogP) is 30.4.